The number of likely N-dealkylation sites (tertiary alicyclic amines) is 1. The topological polar surface area (TPSA) is 47.4 Å². The number of piperidine rings is 1. The standard InChI is InChI=1S/C19H24FN3O2/c1-22-18(5-9-21-22)19(24)23-10-6-15(7-11-23)8-12-25-14-16-3-2-4-17(20)13-16/h2-5,9,13,15H,6-8,10-12,14H2,1H3. The molecule has 1 amide bonds. The molecule has 1 fully saturated rings. The highest BCUT2D eigenvalue weighted by atomic mass is 19.1. The fourth-order valence-corrected chi connectivity index (χ4v) is 3.24. The van der Waals surface area contributed by atoms with Crippen molar-refractivity contribution in [1.29, 1.82) is 0 Å². The van der Waals surface area contributed by atoms with Crippen molar-refractivity contribution in [2.24, 2.45) is 13.0 Å². The maximum absolute atomic E-state index is 13.1. The number of aromatic nitrogens is 2. The zero-order chi connectivity index (χ0) is 17.6. The van der Waals surface area contributed by atoms with E-state index in [1.165, 1.54) is 12.1 Å². The summed E-state index contributed by atoms with van der Waals surface area (Å²) in [6.07, 6.45) is 4.61. The van der Waals surface area contributed by atoms with Gasteiger partial charge in [0, 0.05) is 32.9 Å². The Morgan fingerprint density at radius 2 is 2.12 bits per heavy atom. The molecule has 6 heteroatoms. The highest BCUT2D eigenvalue weighted by Crippen LogP contribution is 2.22. The van der Waals surface area contributed by atoms with Gasteiger partial charge < -0.3 is 9.64 Å². The lowest BCUT2D eigenvalue weighted by Gasteiger charge is -2.32. The molecule has 0 N–H and O–H groups in total. The molecule has 0 radical (unpaired) electrons. The van der Waals surface area contributed by atoms with Gasteiger partial charge in [-0.05, 0) is 48.9 Å². The minimum Gasteiger partial charge on any atom is -0.377 e. The first-order valence-corrected chi connectivity index (χ1v) is 8.73. The van der Waals surface area contributed by atoms with Gasteiger partial charge in [-0.15, -0.1) is 0 Å². The van der Waals surface area contributed by atoms with Gasteiger partial charge >= 0.3 is 0 Å². The summed E-state index contributed by atoms with van der Waals surface area (Å²) >= 11 is 0. The quantitative estimate of drug-likeness (QED) is 0.756. The van der Waals surface area contributed by atoms with E-state index in [1.54, 1.807) is 30.1 Å². The van der Waals surface area contributed by atoms with Gasteiger partial charge in [0.1, 0.15) is 11.5 Å². The van der Waals surface area contributed by atoms with Crippen LogP contribution in [0.1, 0.15) is 35.3 Å². The number of halogens is 1. The van der Waals surface area contributed by atoms with Crippen LogP contribution >= 0.6 is 0 Å². The predicted octanol–water partition coefficient (Wildman–Crippen LogP) is 3.02. The van der Waals surface area contributed by atoms with E-state index in [1.807, 2.05) is 11.0 Å². The third kappa shape index (κ3) is 4.66. The second-order valence-corrected chi connectivity index (χ2v) is 6.55. The Morgan fingerprint density at radius 1 is 1.32 bits per heavy atom. The van der Waals surface area contributed by atoms with Crippen LogP contribution in [0.2, 0.25) is 0 Å². The van der Waals surface area contributed by atoms with Crippen LogP contribution in [0, 0.1) is 11.7 Å². The van der Waals surface area contributed by atoms with Crippen molar-refractivity contribution in [1.82, 2.24) is 14.7 Å². The summed E-state index contributed by atoms with van der Waals surface area (Å²) in [6.45, 7) is 2.66. The molecule has 0 saturated carbocycles. The van der Waals surface area contributed by atoms with Crippen LogP contribution in [0.3, 0.4) is 0 Å². The second kappa shape index (κ2) is 8.25. The van der Waals surface area contributed by atoms with E-state index in [2.05, 4.69) is 5.10 Å². The molecule has 134 valence electrons. The third-order valence-corrected chi connectivity index (χ3v) is 4.77. The number of aryl methyl sites for hydroxylation is 1. The minimum absolute atomic E-state index is 0.0563. The molecule has 1 aromatic heterocycles. The van der Waals surface area contributed by atoms with E-state index in [0.29, 0.717) is 24.8 Å². The number of hydrogen-bond acceptors (Lipinski definition) is 3. The van der Waals surface area contributed by atoms with Crippen LogP contribution < -0.4 is 0 Å². The number of rotatable bonds is 6. The molecule has 0 atom stereocenters. The number of carbonyl (C=O) groups excluding carboxylic acids is 1. The largest absolute Gasteiger partial charge is 0.377 e. The normalized spacial score (nSPS) is 15.5. The number of amides is 1. The Hall–Kier alpha value is -2.21. The van der Waals surface area contributed by atoms with Gasteiger partial charge in [0.2, 0.25) is 0 Å². The van der Waals surface area contributed by atoms with Crippen molar-refractivity contribution in [3.8, 4) is 0 Å². The first-order valence-electron chi connectivity index (χ1n) is 8.73. The predicted molar refractivity (Wildman–Crippen MR) is 92.5 cm³/mol. The summed E-state index contributed by atoms with van der Waals surface area (Å²) < 4.78 is 20.4. The lowest BCUT2D eigenvalue weighted by atomic mass is 9.94. The lowest BCUT2D eigenvalue weighted by Crippen LogP contribution is -2.39. The maximum atomic E-state index is 13.1. The van der Waals surface area contributed by atoms with E-state index in [-0.39, 0.29) is 11.7 Å². The van der Waals surface area contributed by atoms with E-state index >= 15 is 0 Å². The van der Waals surface area contributed by atoms with Gasteiger partial charge in [0.25, 0.3) is 5.91 Å². The summed E-state index contributed by atoms with van der Waals surface area (Å²) in [4.78, 5) is 14.3. The molecular formula is C19H24FN3O2. The molecule has 1 aliphatic heterocycles. The van der Waals surface area contributed by atoms with Crippen molar-refractivity contribution in [2.75, 3.05) is 19.7 Å². The van der Waals surface area contributed by atoms with E-state index in [0.717, 1.165) is 37.9 Å². The van der Waals surface area contributed by atoms with Crippen LogP contribution in [-0.4, -0.2) is 40.3 Å². The molecule has 2 aromatic rings. The summed E-state index contributed by atoms with van der Waals surface area (Å²) in [5.74, 6) is 0.399. The maximum Gasteiger partial charge on any atom is 0.272 e. The molecule has 5 nitrogen and oxygen atoms in total. The third-order valence-electron chi connectivity index (χ3n) is 4.77. The SMILES string of the molecule is Cn1nccc1C(=O)N1CCC(CCOCc2cccc(F)c2)CC1. The van der Waals surface area contributed by atoms with Crippen LogP contribution in [0.4, 0.5) is 4.39 Å². The first kappa shape index (κ1) is 17.6. The van der Waals surface area contributed by atoms with E-state index in [9.17, 15) is 9.18 Å². The Labute approximate surface area is 147 Å². The second-order valence-electron chi connectivity index (χ2n) is 6.55. The van der Waals surface area contributed by atoms with Gasteiger partial charge in [0.15, 0.2) is 0 Å². The Balaban J connectivity index is 1.37. The molecule has 0 bridgehead atoms. The number of benzene rings is 1. The van der Waals surface area contributed by atoms with Crippen molar-refractivity contribution < 1.29 is 13.9 Å². The van der Waals surface area contributed by atoms with Crippen LogP contribution in [0.15, 0.2) is 36.5 Å². The van der Waals surface area contributed by atoms with Crippen LogP contribution in [-0.2, 0) is 18.4 Å². The molecule has 3 rings (SSSR count). The van der Waals surface area contributed by atoms with Crippen molar-refractivity contribution in [3.63, 3.8) is 0 Å². The molecule has 0 spiro atoms. The zero-order valence-electron chi connectivity index (χ0n) is 14.5. The molecule has 1 aromatic carbocycles. The fourth-order valence-electron chi connectivity index (χ4n) is 3.24. The average molecular weight is 345 g/mol. The lowest BCUT2D eigenvalue weighted by molar-refractivity contribution is 0.0629. The highest BCUT2D eigenvalue weighted by Gasteiger charge is 2.24. The molecule has 1 aliphatic rings. The molecule has 1 saturated heterocycles. The fraction of sp³-hybridized carbons (Fsp3) is 0.474. The molecular weight excluding hydrogens is 321 g/mol. The average Bonchev–Trinajstić information content (AvgIpc) is 3.05. The number of ether oxygens (including phenoxy) is 1. The molecule has 25 heavy (non-hydrogen) atoms. The summed E-state index contributed by atoms with van der Waals surface area (Å²) in [7, 11) is 1.79. The molecule has 0 aliphatic carbocycles. The number of nitrogens with zero attached hydrogens (tertiary/aromatic N) is 3. The monoisotopic (exact) mass is 345 g/mol. The Morgan fingerprint density at radius 3 is 2.80 bits per heavy atom. The van der Waals surface area contributed by atoms with E-state index in [4.69, 9.17) is 4.74 Å². The van der Waals surface area contributed by atoms with Crippen molar-refractivity contribution in [3.05, 3.63) is 53.6 Å². The molecule has 2 heterocycles. The van der Waals surface area contributed by atoms with Crippen molar-refractivity contribution >= 4 is 5.91 Å². The van der Waals surface area contributed by atoms with Crippen LogP contribution in [0.5, 0.6) is 0 Å². The van der Waals surface area contributed by atoms with Gasteiger partial charge in [-0.3, -0.25) is 9.48 Å². The van der Waals surface area contributed by atoms with E-state index < -0.39 is 0 Å². The highest BCUT2D eigenvalue weighted by molar-refractivity contribution is 5.92. The summed E-state index contributed by atoms with van der Waals surface area (Å²) in [5.41, 5.74) is 1.49. The van der Waals surface area contributed by atoms with Gasteiger partial charge in [0.05, 0.1) is 6.61 Å². The Bertz CT molecular complexity index is 708. The number of hydrogen-bond donors (Lipinski definition) is 0. The van der Waals surface area contributed by atoms with Gasteiger partial charge in [-0.1, -0.05) is 12.1 Å². The smallest absolute Gasteiger partial charge is 0.272 e. The van der Waals surface area contributed by atoms with Gasteiger partial charge in [-0.2, -0.15) is 5.10 Å². The summed E-state index contributed by atoms with van der Waals surface area (Å²) in [5, 5.41) is 4.06. The van der Waals surface area contributed by atoms with Crippen molar-refractivity contribution in [2.45, 2.75) is 25.9 Å². The molecule has 0 unspecified atom stereocenters. The van der Waals surface area contributed by atoms with Crippen LogP contribution in [0.25, 0.3) is 0 Å². The Kier molecular flexibility index (Phi) is 5.81. The number of carbonyl (C=O) groups is 1. The summed E-state index contributed by atoms with van der Waals surface area (Å²) in [6, 6.07) is 8.26. The van der Waals surface area contributed by atoms with Gasteiger partial charge in [-0.25, -0.2) is 4.39 Å². The minimum atomic E-state index is -0.230. The zero-order valence-corrected chi connectivity index (χ0v) is 14.5. The first-order chi connectivity index (χ1) is 12.1.